The molecule has 3 aromatic rings. The number of ether oxygens (including phenoxy) is 1. The van der Waals surface area contributed by atoms with Gasteiger partial charge in [0, 0.05) is 29.1 Å². The van der Waals surface area contributed by atoms with Crippen LogP contribution >= 0.6 is 27.5 Å². The molecule has 1 saturated heterocycles. The molecule has 1 aromatic carbocycles. The molecule has 0 unspecified atom stereocenters. The van der Waals surface area contributed by atoms with E-state index in [-0.39, 0.29) is 11.6 Å². The van der Waals surface area contributed by atoms with Crippen LogP contribution in [0.2, 0.25) is 5.02 Å². The van der Waals surface area contributed by atoms with Gasteiger partial charge in [0.15, 0.2) is 5.65 Å². The van der Waals surface area contributed by atoms with E-state index in [1.54, 1.807) is 6.20 Å². The molecule has 1 aliphatic heterocycles. The molecule has 3 heterocycles. The van der Waals surface area contributed by atoms with Crippen molar-refractivity contribution in [2.24, 2.45) is 0 Å². The third-order valence-electron chi connectivity index (χ3n) is 4.41. The van der Waals surface area contributed by atoms with Gasteiger partial charge >= 0.3 is 0 Å². The van der Waals surface area contributed by atoms with Crippen LogP contribution in [0.5, 0.6) is 0 Å². The topological polar surface area (TPSA) is 72.8 Å². The van der Waals surface area contributed by atoms with Crippen LogP contribution in [-0.2, 0) is 11.2 Å². The molecule has 0 atom stereocenters. The summed E-state index contributed by atoms with van der Waals surface area (Å²) in [5.41, 5.74) is 1.42. The zero-order valence-corrected chi connectivity index (χ0v) is 15.7. The Balaban J connectivity index is 1.75. The van der Waals surface area contributed by atoms with Crippen molar-refractivity contribution in [2.45, 2.75) is 25.3 Å². The lowest BCUT2D eigenvalue weighted by molar-refractivity contribution is 0.0673. The Morgan fingerprint density at radius 3 is 2.96 bits per heavy atom. The Morgan fingerprint density at radius 1 is 1.36 bits per heavy atom. The number of nitrogens with one attached hydrogen (secondary N) is 1. The number of fused-ring (bicyclic) bond motifs is 1. The van der Waals surface area contributed by atoms with Gasteiger partial charge in [0.25, 0.3) is 5.56 Å². The van der Waals surface area contributed by atoms with Crippen molar-refractivity contribution in [3.05, 3.63) is 55.6 Å². The van der Waals surface area contributed by atoms with E-state index in [9.17, 15) is 4.79 Å². The van der Waals surface area contributed by atoms with Gasteiger partial charge in [-0.25, -0.2) is 9.67 Å². The summed E-state index contributed by atoms with van der Waals surface area (Å²) in [5.74, 6) is 0.592. The summed E-state index contributed by atoms with van der Waals surface area (Å²) in [6.45, 7) is 1.41. The van der Waals surface area contributed by atoms with Crippen molar-refractivity contribution >= 4 is 38.6 Å². The number of halogens is 2. The van der Waals surface area contributed by atoms with Crippen LogP contribution in [0.4, 0.5) is 0 Å². The largest absolute Gasteiger partial charge is 0.381 e. The fraction of sp³-hybridized carbons (Fsp3) is 0.353. The van der Waals surface area contributed by atoms with Gasteiger partial charge < -0.3 is 9.72 Å². The first-order chi connectivity index (χ1) is 12.1. The second-order valence-electron chi connectivity index (χ2n) is 6.10. The smallest absolute Gasteiger partial charge is 0.262 e. The molecule has 1 fully saturated rings. The Labute approximate surface area is 157 Å². The Bertz CT molecular complexity index is 978. The SMILES string of the molecule is O=c1[nH]c(Cc2cc(Cl)ccc2Br)nc2c1cnn2C1CCOCC1. The van der Waals surface area contributed by atoms with Crippen molar-refractivity contribution in [1.82, 2.24) is 19.7 Å². The zero-order valence-electron chi connectivity index (χ0n) is 13.3. The zero-order chi connectivity index (χ0) is 17.4. The Hall–Kier alpha value is -1.70. The summed E-state index contributed by atoms with van der Waals surface area (Å²) >= 11 is 9.60. The van der Waals surface area contributed by atoms with Crippen molar-refractivity contribution in [3.63, 3.8) is 0 Å². The van der Waals surface area contributed by atoms with Crippen LogP contribution in [0.1, 0.15) is 30.3 Å². The number of aromatic nitrogens is 4. The lowest BCUT2D eigenvalue weighted by atomic mass is 10.1. The lowest BCUT2D eigenvalue weighted by Crippen LogP contribution is -2.21. The highest BCUT2D eigenvalue weighted by molar-refractivity contribution is 9.10. The highest BCUT2D eigenvalue weighted by Crippen LogP contribution is 2.25. The molecule has 1 aliphatic rings. The number of hydrogen-bond acceptors (Lipinski definition) is 4. The highest BCUT2D eigenvalue weighted by Gasteiger charge is 2.20. The van der Waals surface area contributed by atoms with Gasteiger partial charge in [-0.2, -0.15) is 5.10 Å². The summed E-state index contributed by atoms with van der Waals surface area (Å²) in [6, 6.07) is 5.78. The fourth-order valence-electron chi connectivity index (χ4n) is 3.12. The first-order valence-electron chi connectivity index (χ1n) is 8.10. The van der Waals surface area contributed by atoms with Gasteiger partial charge in [0.2, 0.25) is 0 Å². The number of benzene rings is 1. The maximum atomic E-state index is 12.4. The van der Waals surface area contributed by atoms with E-state index in [0.717, 1.165) is 22.9 Å². The van der Waals surface area contributed by atoms with Crippen LogP contribution in [-0.4, -0.2) is 33.0 Å². The first kappa shape index (κ1) is 16.8. The van der Waals surface area contributed by atoms with Crippen LogP contribution < -0.4 is 5.56 Å². The molecule has 0 radical (unpaired) electrons. The van der Waals surface area contributed by atoms with Crippen molar-refractivity contribution in [2.75, 3.05) is 13.2 Å². The molecule has 8 heteroatoms. The minimum Gasteiger partial charge on any atom is -0.381 e. The first-order valence-corrected chi connectivity index (χ1v) is 9.27. The van der Waals surface area contributed by atoms with Gasteiger partial charge in [-0.3, -0.25) is 4.79 Å². The van der Waals surface area contributed by atoms with E-state index in [4.69, 9.17) is 16.3 Å². The molecule has 0 saturated carbocycles. The van der Waals surface area contributed by atoms with E-state index in [0.29, 0.717) is 41.5 Å². The number of rotatable bonds is 3. The van der Waals surface area contributed by atoms with E-state index < -0.39 is 0 Å². The maximum absolute atomic E-state index is 12.4. The fourth-order valence-corrected chi connectivity index (χ4v) is 3.70. The number of aromatic amines is 1. The number of H-pyrrole nitrogens is 1. The average Bonchev–Trinajstić information content (AvgIpc) is 3.03. The van der Waals surface area contributed by atoms with Gasteiger partial charge in [0.1, 0.15) is 11.2 Å². The molecule has 1 N–H and O–H groups in total. The molecule has 25 heavy (non-hydrogen) atoms. The van der Waals surface area contributed by atoms with Gasteiger partial charge in [-0.15, -0.1) is 0 Å². The highest BCUT2D eigenvalue weighted by atomic mass is 79.9. The van der Waals surface area contributed by atoms with Gasteiger partial charge in [-0.05, 0) is 36.6 Å². The summed E-state index contributed by atoms with van der Waals surface area (Å²) in [7, 11) is 0. The van der Waals surface area contributed by atoms with E-state index in [1.807, 2.05) is 22.9 Å². The summed E-state index contributed by atoms with van der Waals surface area (Å²) in [5, 5.41) is 5.57. The molecular weight excluding hydrogens is 408 g/mol. The second-order valence-corrected chi connectivity index (χ2v) is 7.39. The Kier molecular flexibility index (Phi) is 4.62. The number of hydrogen-bond donors (Lipinski definition) is 1. The van der Waals surface area contributed by atoms with Crippen molar-refractivity contribution < 1.29 is 4.74 Å². The van der Waals surface area contributed by atoms with Crippen LogP contribution in [0.15, 0.2) is 33.7 Å². The maximum Gasteiger partial charge on any atom is 0.262 e. The van der Waals surface area contributed by atoms with E-state index >= 15 is 0 Å². The van der Waals surface area contributed by atoms with Crippen molar-refractivity contribution in [3.8, 4) is 0 Å². The molecule has 6 nitrogen and oxygen atoms in total. The monoisotopic (exact) mass is 422 g/mol. The van der Waals surface area contributed by atoms with Crippen LogP contribution in [0.25, 0.3) is 11.0 Å². The molecule has 0 amide bonds. The molecule has 4 rings (SSSR count). The molecule has 0 spiro atoms. The molecule has 130 valence electrons. The molecule has 0 bridgehead atoms. The van der Waals surface area contributed by atoms with Gasteiger partial charge in [0.05, 0.1) is 12.2 Å². The van der Waals surface area contributed by atoms with Crippen LogP contribution in [0, 0.1) is 0 Å². The standard InChI is InChI=1S/C17H16BrClN4O2/c18-14-2-1-11(19)7-10(14)8-15-21-16-13(17(24)22-15)9-20-23(16)12-3-5-25-6-4-12/h1-2,7,9,12H,3-6,8H2,(H,21,22,24). The Morgan fingerprint density at radius 2 is 2.16 bits per heavy atom. The third-order valence-corrected chi connectivity index (χ3v) is 5.42. The molecule has 0 aliphatic carbocycles. The summed E-state index contributed by atoms with van der Waals surface area (Å²) < 4.78 is 8.21. The van der Waals surface area contributed by atoms with Crippen molar-refractivity contribution in [1.29, 1.82) is 0 Å². The predicted octanol–water partition coefficient (Wildman–Crippen LogP) is 3.48. The van der Waals surface area contributed by atoms with Gasteiger partial charge in [-0.1, -0.05) is 27.5 Å². The minimum absolute atomic E-state index is 0.170. The second kappa shape index (κ2) is 6.90. The molecular formula is C17H16BrClN4O2. The average molecular weight is 424 g/mol. The van der Waals surface area contributed by atoms with E-state index in [2.05, 4.69) is 31.0 Å². The lowest BCUT2D eigenvalue weighted by Gasteiger charge is -2.22. The normalized spacial score (nSPS) is 15.8. The predicted molar refractivity (Wildman–Crippen MR) is 99.2 cm³/mol. The minimum atomic E-state index is -0.170. The van der Waals surface area contributed by atoms with Crippen LogP contribution in [0.3, 0.4) is 0 Å². The summed E-state index contributed by atoms with van der Waals surface area (Å²) in [6.07, 6.45) is 3.82. The van der Waals surface area contributed by atoms with E-state index in [1.165, 1.54) is 0 Å². The molecule has 2 aromatic heterocycles. The third kappa shape index (κ3) is 3.36. The summed E-state index contributed by atoms with van der Waals surface area (Å²) in [4.78, 5) is 20.0. The number of nitrogens with zero attached hydrogens (tertiary/aromatic N) is 3. The quantitative estimate of drug-likeness (QED) is 0.700.